The number of hydrogen-bond acceptors (Lipinski definition) is 9. The molecule has 0 saturated carbocycles. The first-order valence-electron chi connectivity index (χ1n) is 16.9. The Morgan fingerprint density at radius 1 is 1.17 bits per heavy atom. The van der Waals surface area contributed by atoms with E-state index in [0.29, 0.717) is 80.6 Å². The molecule has 1 aromatic carbocycles. The van der Waals surface area contributed by atoms with Crippen molar-refractivity contribution in [3.05, 3.63) is 56.7 Å². The third kappa shape index (κ3) is 5.20. The summed E-state index contributed by atoms with van der Waals surface area (Å²) in [6.45, 7) is 3.54. The van der Waals surface area contributed by atoms with Gasteiger partial charge in [0.2, 0.25) is 0 Å². The van der Waals surface area contributed by atoms with Gasteiger partial charge in [-0.3, -0.25) is 14.4 Å². The number of nitrogens with two attached hydrogens (primary N) is 1. The number of hydrogen-bond donors (Lipinski definition) is 1. The molecule has 0 radical (unpaired) electrons. The van der Waals surface area contributed by atoms with Crippen LogP contribution in [-0.4, -0.2) is 87.5 Å². The van der Waals surface area contributed by atoms with Gasteiger partial charge in [-0.1, -0.05) is 11.6 Å². The summed E-state index contributed by atoms with van der Waals surface area (Å²) < 4.78 is 45.4. The summed E-state index contributed by atoms with van der Waals surface area (Å²) in [4.78, 5) is 28.6. The van der Waals surface area contributed by atoms with Crippen molar-refractivity contribution in [2.24, 2.45) is 0 Å². The summed E-state index contributed by atoms with van der Waals surface area (Å²) in [6, 6.07) is 3.54. The molecule has 4 aliphatic heterocycles. The molecule has 2 aromatic heterocycles. The van der Waals surface area contributed by atoms with Crippen molar-refractivity contribution in [2.45, 2.75) is 88.4 Å². The molecular weight excluding hydrogens is 642 g/mol. The van der Waals surface area contributed by atoms with Gasteiger partial charge < -0.3 is 25.0 Å². The SMILES string of the molecule is CN(C)C(=O)c1cc2n(n1)CCCN(c1nc(OC[C@@]34CCCN3C[C@H](F)C4)nc3c1CO[C@@]1(CCCc4c(Cl)cc(N)c(F)c41)C3)C2. The summed E-state index contributed by atoms with van der Waals surface area (Å²) in [5.74, 6) is 0.0340. The highest BCUT2D eigenvalue weighted by molar-refractivity contribution is 6.31. The molecule has 8 rings (SSSR count). The minimum absolute atomic E-state index is 0.00165. The second-order valence-electron chi connectivity index (χ2n) is 14.3. The van der Waals surface area contributed by atoms with Crippen LogP contribution in [0.25, 0.3) is 0 Å². The predicted molar refractivity (Wildman–Crippen MR) is 175 cm³/mol. The maximum Gasteiger partial charge on any atom is 0.318 e. The van der Waals surface area contributed by atoms with Crippen molar-refractivity contribution in [3.8, 4) is 6.01 Å². The van der Waals surface area contributed by atoms with Crippen LogP contribution in [0, 0.1) is 5.82 Å². The fourth-order valence-electron chi connectivity index (χ4n) is 8.67. The Labute approximate surface area is 283 Å². The van der Waals surface area contributed by atoms with Gasteiger partial charge in [-0.15, -0.1) is 0 Å². The average molecular weight is 683 g/mol. The van der Waals surface area contributed by atoms with E-state index in [9.17, 15) is 9.18 Å². The maximum atomic E-state index is 15.9. The van der Waals surface area contributed by atoms with Crippen LogP contribution in [0.1, 0.15) is 77.1 Å². The van der Waals surface area contributed by atoms with Crippen molar-refractivity contribution in [3.63, 3.8) is 0 Å². The average Bonchev–Trinajstić information content (AvgIpc) is 3.68. The molecule has 3 aromatic rings. The lowest BCUT2D eigenvalue weighted by atomic mass is 9.74. The number of carbonyl (C=O) groups excluding carboxylic acids is 1. The Bertz CT molecular complexity index is 1790. The fourth-order valence-corrected chi connectivity index (χ4v) is 8.98. The molecule has 0 unspecified atom stereocenters. The van der Waals surface area contributed by atoms with Crippen LogP contribution in [0.15, 0.2) is 12.1 Å². The highest BCUT2D eigenvalue weighted by Crippen LogP contribution is 2.49. The molecule has 0 bridgehead atoms. The van der Waals surface area contributed by atoms with Gasteiger partial charge in [-0.05, 0) is 62.8 Å². The van der Waals surface area contributed by atoms with E-state index < -0.39 is 17.6 Å². The molecule has 11 nitrogen and oxygen atoms in total. The summed E-state index contributed by atoms with van der Waals surface area (Å²) in [6.07, 6.45) is 4.51. The van der Waals surface area contributed by atoms with Crippen LogP contribution in [0.5, 0.6) is 6.01 Å². The van der Waals surface area contributed by atoms with Crippen molar-refractivity contribution < 1.29 is 23.0 Å². The molecule has 48 heavy (non-hydrogen) atoms. The zero-order valence-corrected chi connectivity index (χ0v) is 28.2. The first kappa shape index (κ1) is 31.7. The van der Waals surface area contributed by atoms with Gasteiger partial charge in [-0.25, -0.2) is 8.78 Å². The summed E-state index contributed by atoms with van der Waals surface area (Å²) >= 11 is 6.61. The molecule has 2 saturated heterocycles. The van der Waals surface area contributed by atoms with Crippen molar-refractivity contribution in [2.75, 3.05) is 51.0 Å². The first-order chi connectivity index (χ1) is 23.1. The van der Waals surface area contributed by atoms with Crippen LogP contribution in [0.4, 0.5) is 20.3 Å². The number of amides is 1. The van der Waals surface area contributed by atoms with E-state index in [1.165, 1.54) is 11.0 Å². The highest BCUT2D eigenvalue weighted by atomic mass is 35.5. The van der Waals surface area contributed by atoms with Crippen molar-refractivity contribution >= 4 is 29.0 Å². The lowest BCUT2D eigenvalue weighted by molar-refractivity contribution is -0.0876. The number of halogens is 3. The molecule has 5 aliphatic rings. The number of carbonyl (C=O) groups is 1. The van der Waals surface area contributed by atoms with E-state index >= 15 is 4.39 Å². The van der Waals surface area contributed by atoms with Crippen LogP contribution >= 0.6 is 11.6 Å². The first-order valence-corrected chi connectivity index (χ1v) is 17.3. The second kappa shape index (κ2) is 11.8. The lowest BCUT2D eigenvalue weighted by Crippen LogP contribution is -2.44. The minimum Gasteiger partial charge on any atom is -0.461 e. The Kier molecular flexibility index (Phi) is 7.79. The molecule has 3 atom stereocenters. The molecule has 1 spiro atoms. The van der Waals surface area contributed by atoms with Gasteiger partial charge in [0.05, 0.1) is 35.8 Å². The topological polar surface area (TPSA) is 115 Å². The number of nitrogen functional groups attached to an aromatic ring is 1. The number of alkyl halides is 1. The summed E-state index contributed by atoms with van der Waals surface area (Å²) in [5.41, 5.74) is 8.72. The Morgan fingerprint density at radius 2 is 2.02 bits per heavy atom. The second-order valence-corrected chi connectivity index (χ2v) is 14.7. The summed E-state index contributed by atoms with van der Waals surface area (Å²) in [7, 11) is 3.42. The molecule has 2 fully saturated rings. The molecule has 1 amide bonds. The van der Waals surface area contributed by atoms with Gasteiger partial charge in [0.25, 0.3) is 5.91 Å². The zero-order chi connectivity index (χ0) is 33.4. The molecule has 2 N–H and O–H groups in total. The number of aromatic nitrogens is 4. The number of benzene rings is 1. The standard InChI is InChI=1S/C34H41ClF2N8O3/c1-42(2)31(46)26-12-21-17-43(9-5-11-45(21)41-26)30-23-18-48-34(8-3-6-22-24(35)13-25(38)29(37)28(22)34)15-27(23)39-32(40-30)47-19-33-7-4-10-44(33)16-20(36)14-33/h12-13,20H,3-11,14-19,38H2,1-2H3/t20-,33+,34+/m1/s1. The largest absolute Gasteiger partial charge is 0.461 e. The number of ether oxygens (including phenoxy) is 2. The van der Waals surface area contributed by atoms with E-state index in [-0.39, 0.29) is 29.8 Å². The molecule has 6 heterocycles. The Morgan fingerprint density at radius 3 is 2.85 bits per heavy atom. The van der Waals surface area contributed by atoms with E-state index in [1.54, 1.807) is 14.1 Å². The number of anilines is 2. The quantitative estimate of drug-likeness (QED) is 0.391. The van der Waals surface area contributed by atoms with E-state index in [1.807, 2.05) is 10.7 Å². The number of aryl methyl sites for hydroxylation is 1. The maximum absolute atomic E-state index is 15.9. The van der Waals surface area contributed by atoms with Crippen molar-refractivity contribution in [1.82, 2.24) is 29.5 Å². The number of rotatable bonds is 5. The third-order valence-corrected chi connectivity index (χ3v) is 11.3. The van der Waals surface area contributed by atoms with Crippen LogP contribution < -0.4 is 15.4 Å². The van der Waals surface area contributed by atoms with Crippen LogP contribution in [0.3, 0.4) is 0 Å². The van der Waals surface area contributed by atoms with E-state index in [2.05, 4.69) is 14.9 Å². The summed E-state index contributed by atoms with van der Waals surface area (Å²) in [5, 5.41) is 5.05. The van der Waals surface area contributed by atoms with Gasteiger partial charge in [0.15, 0.2) is 11.5 Å². The normalized spacial score (nSPS) is 26.5. The minimum atomic E-state index is -0.987. The Hall–Kier alpha value is -3.55. The molecular formula is C34H41ClF2N8O3. The fraction of sp³-hybridized carbons (Fsp3) is 0.588. The molecule has 256 valence electrons. The monoisotopic (exact) mass is 682 g/mol. The Balaban J connectivity index is 1.18. The zero-order valence-electron chi connectivity index (χ0n) is 27.4. The highest BCUT2D eigenvalue weighted by Gasteiger charge is 2.50. The van der Waals surface area contributed by atoms with Gasteiger partial charge in [-0.2, -0.15) is 15.1 Å². The number of fused-ring (bicyclic) bond motifs is 5. The van der Waals surface area contributed by atoms with Crippen LogP contribution in [0.2, 0.25) is 5.02 Å². The van der Waals surface area contributed by atoms with Gasteiger partial charge >= 0.3 is 6.01 Å². The van der Waals surface area contributed by atoms with Gasteiger partial charge in [0.1, 0.15) is 24.2 Å². The smallest absolute Gasteiger partial charge is 0.318 e. The third-order valence-electron chi connectivity index (χ3n) is 11.0. The molecule has 1 aliphatic carbocycles. The van der Waals surface area contributed by atoms with Gasteiger partial charge in [0, 0.05) is 62.7 Å². The molecule has 14 heteroatoms. The predicted octanol–water partition coefficient (Wildman–Crippen LogP) is 4.42. The lowest BCUT2D eigenvalue weighted by Gasteiger charge is -2.43. The van der Waals surface area contributed by atoms with Crippen LogP contribution in [-0.2, 0) is 42.9 Å². The number of nitrogens with zero attached hydrogens (tertiary/aromatic N) is 7. The van der Waals surface area contributed by atoms with E-state index in [0.717, 1.165) is 54.7 Å². The van der Waals surface area contributed by atoms with Crippen molar-refractivity contribution in [1.29, 1.82) is 0 Å². The van der Waals surface area contributed by atoms with E-state index in [4.69, 9.17) is 36.8 Å².